The van der Waals surface area contributed by atoms with Crippen molar-refractivity contribution in [2.45, 2.75) is 150 Å². The van der Waals surface area contributed by atoms with Crippen LogP contribution >= 0.6 is 0 Å². The fraction of sp³-hybridized carbons (Fsp3) is 0.892. The lowest BCUT2D eigenvalue weighted by molar-refractivity contribution is -0.134. The third-order valence-electron chi connectivity index (χ3n) is 13.3. The molecule has 0 saturated heterocycles. The van der Waals surface area contributed by atoms with E-state index >= 15 is 0 Å². The quantitative estimate of drug-likeness (QED) is 0.278. The molecular weight excluding hydrogens is 502 g/mol. The summed E-state index contributed by atoms with van der Waals surface area (Å²) in [4.78, 5) is 16.8. The fourth-order valence-electron chi connectivity index (χ4n) is 11.3. The molecule has 232 valence electrons. The number of carbonyl (C=O) groups is 1. The molecule has 1 amide bonds. The zero-order valence-corrected chi connectivity index (χ0v) is 27.5. The molecule has 41 heavy (non-hydrogen) atoms. The molecule has 1 heterocycles. The van der Waals surface area contributed by atoms with E-state index in [1.54, 1.807) is 6.92 Å². The van der Waals surface area contributed by atoms with E-state index in [1.807, 2.05) is 0 Å². The Labute approximate surface area is 252 Å². The number of hydrogen-bond donors (Lipinski definition) is 2. The van der Waals surface area contributed by atoms with Crippen LogP contribution in [0.4, 0.5) is 0 Å². The highest BCUT2D eigenvalue weighted by molar-refractivity contribution is 5.73. The van der Waals surface area contributed by atoms with E-state index in [2.05, 4.69) is 57.5 Å². The Bertz CT molecular complexity index is 956. The molecule has 0 aromatic rings. The average Bonchev–Trinajstić information content (AvgIpc) is 3.07. The maximum absolute atomic E-state index is 12.0. The smallest absolute Gasteiger partial charge is 0.217 e. The van der Waals surface area contributed by atoms with Crippen molar-refractivity contribution in [1.29, 1.82) is 0 Å². The molecule has 4 aliphatic carbocycles. The van der Waals surface area contributed by atoms with Crippen molar-refractivity contribution in [3.05, 3.63) is 11.8 Å². The lowest BCUT2D eigenvalue weighted by Gasteiger charge is -2.63. The lowest BCUT2D eigenvalue weighted by Crippen LogP contribution is -2.62. The summed E-state index contributed by atoms with van der Waals surface area (Å²) in [7, 11) is 0. The summed E-state index contributed by atoms with van der Waals surface area (Å²) in [5.74, 6) is 5.99. The van der Waals surface area contributed by atoms with Gasteiger partial charge in [0.2, 0.25) is 5.91 Å². The van der Waals surface area contributed by atoms with Crippen molar-refractivity contribution in [1.82, 2.24) is 10.6 Å². The SMILES string of the molecule is CC(=O)N[C@H]1CC[C@]2(C)C3CC[C@@]4(C)C(CC[C@@H]4C(C)CCCC(C)C)C3C[C@@H](NCCC3=CCCCC=N3)C2C1. The first-order valence-electron chi connectivity index (χ1n) is 17.8. The van der Waals surface area contributed by atoms with Gasteiger partial charge in [0, 0.05) is 43.9 Å². The van der Waals surface area contributed by atoms with Crippen LogP contribution in [-0.2, 0) is 4.79 Å². The molecule has 0 aromatic heterocycles. The van der Waals surface area contributed by atoms with Gasteiger partial charge in [0.1, 0.15) is 0 Å². The summed E-state index contributed by atoms with van der Waals surface area (Å²) in [5, 5.41) is 7.49. The highest BCUT2D eigenvalue weighted by atomic mass is 16.1. The Hall–Kier alpha value is -1.16. The van der Waals surface area contributed by atoms with E-state index in [-0.39, 0.29) is 5.91 Å². The third-order valence-corrected chi connectivity index (χ3v) is 13.3. The van der Waals surface area contributed by atoms with Gasteiger partial charge in [0.15, 0.2) is 0 Å². The molecule has 4 heteroatoms. The van der Waals surface area contributed by atoms with Gasteiger partial charge in [-0.05, 0) is 123 Å². The highest BCUT2D eigenvalue weighted by Crippen LogP contribution is 2.68. The molecular formula is C37H63N3O. The zero-order chi connectivity index (χ0) is 29.2. The summed E-state index contributed by atoms with van der Waals surface area (Å²) in [6.45, 7) is 15.5. The van der Waals surface area contributed by atoms with Crippen molar-refractivity contribution in [3.63, 3.8) is 0 Å². The molecule has 4 nitrogen and oxygen atoms in total. The molecule has 0 aromatic carbocycles. The Morgan fingerprint density at radius 1 is 0.976 bits per heavy atom. The number of amides is 1. The van der Waals surface area contributed by atoms with Gasteiger partial charge in [-0.3, -0.25) is 9.79 Å². The first-order chi connectivity index (χ1) is 19.6. The molecule has 4 fully saturated rings. The third kappa shape index (κ3) is 6.68. The maximum atomic E-state index is 12.0. The number of carbonyl (C=O) groups excluding carboxylic acids is 1. The predicted octanol–water partition coefficient (Wildman–Crippen LogP) is 8.71. The summed E-state index contributed by atoms with van der Waals surface area (Å²) in [6.07, 6.45) is 24.0. The van der Waals surface area contributed by atoms with Gasteiger partial charge in [-0.25, -0.2) is 0 Å². The predicted molar refractivity (Wildman–Crippen MR) is 173 cm³/mol. The van der Waals surface area contributed by atoms with E-state index in [1.165, 1.54) is 76.3 Å². The van der Waals surface area contributed by atoms with Gasteiger partial charge in [-0.2, -0.15) is 0 Å². The second kappa shape index (κ2) is 13.2. The number of allylic oxidation sites excluding steroid dienone is 1. The van der Waals surface area contributed by atoms with Crippen molar-refractivity contribution < 1.29 is 4.79 Å². The van der Waals surface area contributed by atoms with Crippen molar-refractivity contribution in [2.24, 2.45) is 57.2 Å². The van der Waals surface area contributed by atoms with Gasteiger partial charge < -0.3 is 10.6 Å². The molecule has 10 atom stereocenters. The van der Waals surface area contributed by atoms with Gasteiger partial charge >= 0.3 is 0 Å². The summed E-state index contributed by atoms with van der Waals surface area (Å²) >= 11 is 0. The standard InChI is InChI=1S/C37H63N3O/c1-25(2)11-10-12-26(3)31-14-15-32-30-24-35(39-22-18-28-13-8-7-9-21-38-28)34-23-29(40-27(4)41)16-19-37(34,6)33(30)17-20-36(31,32)5/h13,21,25-26,29-35,39H,7-12,14-20,22-24H2,1-6H3,(H,40,41)/t26?,29-,30?,31+,32?,33?,34?,35+,36+,37+/m0/s1. The number of nitrogens with zero attached hydrogens (tertiary/aromatic N) is 1. The number of fused-ring (bicyclic) bond motifs is 5. The molecule has 1 aliphatic heterocycles. The van der Waals surface area contributed by atoms with Crippen LogP contribution in [0, 0.1) is 52.3 Å². The molecule has 5 aliphatic rings. The number of nitrogens with one attached hydrogen (secondary N) is 2. The van der Waals surface area contributed by atoms with Crippen LogP contribution in [-0.4, -0.2) is 30.8 Å². The molecule has 0 spiro atoms. The van der Waals surface area contributed by atoms with Crippen LogP contribution in [0.3, 0.4) is 0 Å². The van der Waals surface area contributed by atoms with E-state index < -0.39 is 0 Å². The monoisotopic (exact) mass is 565 g/mol. The van der Waals surface area contributed by atoms with Crippen LogP contribution in [0.1, 0.15) is 138 Å². The Kier molecular flexibility index (Phi) is 10.1. The summed E-state index contributed by atoms with van der Waals surface area (Å²) < 4.78 is 0. The summed E-state index contributed by atoms with van der Waals surface area (Å²) in [5.41, 5.74) is 2.19. The fourth-order valence-corrected chi connectivity index (χ4v) is 11.3. The van der Waals surface area contributed by atoms with E-state index in [9.17, 15) is 4.79 Å². The largest absolute Gasteiger partial charge is 0.354 e. The average molecular weight is 566 g/mol. The zero-order valence-electron chi connectivity index (χ0n) is 27.5. The Morgan fingerprint density at radius 3 is 2.54 bits per heavy atom. The minimum absolute atomic E-state index is 0.142. The van der Waals surface area contributed by atoms with Gasteiger partial charge in [0.25, 0.3) is 0 Å². The van der Waals surface area contributed by atoms with Crippen LogP contribution < -0.4 is 10.6 Å². The first kappa shape index (κ1) is 31.3. The van der Waals surface area contributed by atoms with E-state index in [0.717, 1.165) is 67.7 Å². The van der Waals surface area contributed by atoms with Crippen LogP contribution in [0.5, 0.6) is 0 Å². The van der Waals surface area contributed by atoms with E-state index in [0.29, 0.717) is 28.8 Å². The molecule has 5 rings (SSSR count). The topological polar surface area (TPSA) is 53.5 Å². The first-order valence-corrected chi connectivity index (χ1v) is 17.8. The Balaban J connectivity index is 1.33. The highest BCUT2D eigenvalue weighted by Gasteiger charge is 2.62. The van der Waals surface area contributed by atoms with Crippen molar-refractivity contribution in [3.8, 4) is 0 Å². The minimum atomic E-state index is 0.142. The Morgan fingerprint density at radius 2 is 1.76 bits per heavy atom. The summed E-state index contributed by atoms with van der Waals surface area (Å²) in [6, 6.07) is 0.898. The molecule has 4 saturated carbocycles. The molecule has 5 unspecified atom stereocenters. The molecule has 2 N–H and O–H groups in total. The number of aliphatic imine (C=N–C) groups is 1. The van der Waals surface area contributed by atoms with Gasteiger partial charge in [-0.15, -0.1) is 0 Å². The van der Waals surface area contributed by atoms with E-state index in [4.69, 9.17) is 4.99 Å². The van der Waals surface area contributed by atoms with Gasteiger partial charge in [0.05, 0.1) is 0 Å². The second-order valence-electron chi connectivity index (χ2n) is 16.2. The second-order valence-corrected chi connectivity index (χ2v) is 16.2. The van der Waals surface area contributed by atoms with Crippen molar-refractivity contribution >= 4 is 12.1 Å². The van der Waals surface area contributed by atoms with Crippen LogP contribution in [0.2, 0.25) is 0 Å². The van der Waals surface area contributed by atoms with Crippen LogP contribution in [0.25, 0.3) is 0 Å². The maximum Gasteiger partial charge on any atom is 0.217 e. The minimum Gasteiger partial charge on any atom is -0.354 e. The van der Waals surface area contributed by atoms with Crippen LogP contribution in [0.15, 0.2) is 16.8 Å². The number of rotatable bonds is 10. The number of hydrogen-bond acceptors (Lipinski definition) is 3. The van der Waals surface area contributed by atoms with Crippen molar-refractivity contribution in [2.75, 3.05) is 6.54 Å². The molecule has 0 radical (unpaired) electrons. The van der Waals surface area contributed by atoms with Gasteiger partial charge in [-0.1, -0.05) is 60.0 Å². The lowest BCUT2D eigenvalue weighted by atomic mass is 9.43. The normalized spacial score (nSPS) is 41.1. The molecule has 0 bridgehead atoms.